The molecule has 0 heterocycles. The highest BCUT2D eigenvalue weighted by atomic mass is 16.6. The van der Waals surface area contributed by atoms with Gasteiger partial charge in [-0.3, -0.25) is 4.79 Å². The van der Waals surface area contributed by atoms with Gasteiger partial charge in [0.15, 0.2) is 6.10 Å². The maximum atomic E-state index is 13.1. The minimum atomic E-state index is -1.10. The van der Waals surface area contributed by atoms with Gasteiger partial charge in [-0.15, -0.1) is 0 Å². The van der Waals surface area contributed by atoms with Crippen LogP contribution in [0.2, 0.25) is 0 Å². The van der Waals surface area contributed by atoms with E-state index in [-0.39, 0.29) is 0 Å². The molecule has 0 saturated heterocycles. The monoisotopic (exact) mass is 403 g/mol. The van der Waals surface area contributed by atoms with Gasteiger partial charge in [-0.2, -0.15) is 0 Å². The molecule has 0 bridgehead atoms. The van der Waals surface area contributed by atoms with Crippen LogP contribution in [0.25, 0.3) is 0 Å². The summed E-state index contributed by atoms with van der Waals surface area (Å²) in [7, 11) is 0. The molecule has 30 heavy (non-hydrogen) atoms. The summed E-state index contributed by atoms with van der Waals surface area (Å²) in [4.78, 5) is 25.7. The highest BCUT2D eigenvalue weighted by molar-refractivity contribution is 5.97. The Balaban J connectivity index is 1.78. The molecule has 3 aromatic carbocycles. The van der Waals surface area contributed by atoms with Gasteiger partial charge in [0, 0.05) is 11.3 Å². The van der Waals surface area contributed by atoms with Crippen LogP contribution < -0.4 is 10.1 Å². The van der Waals surface area contributed by atoms with Crippen LogP contribution in [0.5, 0.6) is 5.75 Å². The number of rotatable bonds is 7. The maximum absolute atomic E-state index is 13.1. The van der Waals surface area contributed by atoms with Gasteiger partial charge in [0.25, 0.3) is 5.91 Å². The van der Waals surface area contributed by atoms with Crippen LogP contribution in [0.4, 0.5) is 5.69 Å². The largest absolute Gasteiger partial charge is 0.479 e. The third-order valence-corrected chi connectivity index (χ3v) is 4.61. The summed E-state index contributed by atoms with van der Waals surface area (Å²) in [6, 6.07) is 23.7. The molecule has 3 rings (SSSR count). The van der Waals surface area contributed by atoms with Crippen molar-refractivity contribution in [2.24, 2.45) is 0 Å². The Hall–Kier alpha value is -3.60. The summed E-state index contributed by atoms with van der Waals surface area (Å²) >= 11 is 0. The molecule has 0 spiro atoms. The van der Waals surface area contributed by atoms with E-state index in [0.29, 0.717) is 17.0 Å². The fourth-order valence-corrected chi connectivity index (χ4v) is 2.93. The molecular formula is C25H25NO4. The Morgan fingerprint density at radius 3 is 2.17 bits per heavy atom. The molecule has 0 aromatic heterocycles. The molecule has 0 radical (unpaired) electrons. The maximum Gasteiger partial charge on any atom is 0.348 e. The summed E-state index contributed by atoms with van der Waals surface area (Å²) in [5, 5.41) is 2.89. The molecule has 0 unspecified atom stereocenters. The lowest BCUT2D eigenvalue weighted by atomic mass is 10.1. The zero-order chi connectivity index (χ0) is 21.5. The fourth-order valence-electron chi connectivity index (χ4n) is 2.93. The smallest absolute Gasteiger partial charge is 0.348 e. The standard InChI is InChI=1S/C25H25NO4/c1-17-14-15-18(2)22(16-17)26-24(27)23(20-10-6-4-7-11-20)30-25(28)19(3)29-21-12-8-5-9-13-21/h4-16,19,23H,1-3H3,(H,26,27)/t19-,23-/m0/s1. The molecule has 5 heteroatoms. The molecular weight excluding hydrogens is 378 g/mol. The summed E-state index contributed by atoms with van der Waals surface area (Å²) in [6.07, 6.45) is -1.97. The molecule has 1 N–H and O–H groups in total. The Morgan fingerprint density at radius 2 is 1.50 bits per heavy atom. The number of aryl methyl sites for hydroxylation is 2. The number of ether oxygens (including phenoxy) is 2. The zero-order valence-electron chi connectivity index (χ0n) is 17.3. The van der Waals surface area contributed by atoms with Crippen molar-refractivity contribution in [3.8, 4) is 5.75 Å². The SMILES string of the molecule is Cc1ccc(C)c(NC(=O)[C@@H](OC(=O)[C@H](C)Oc2ccccc2)c2ccccc2)c1. The van der Waals surface area contributed by atoms with E-state index < -0.39 is 24.1 Å². The zero-order valence-corrected chi connectivity index (χ0v) is 17.3. The second kappa shape index (κ2) is 9.74. The molecule has 1 amide bonds. The number of nitrogens with one attached hydrogen (secondary N) is 1. The quantitative estimate of drug-likeness (QED) is 0.564. The van der Waals surface area contributed by atoms with Crippen LogP contribution in [0.1, 0.15) is 29.7 Å². The number of para-hydroxylation sites is 1. The van der Waals surface area contributed by atoms with Gasteiger partial charge in [0.1, 0.15) is 5.75 Å². The van der Waals surface area contributed by atoms with Crippen molar-refractivity contribution < 1.29 is 19.1 Å². The average molecular weight is 403 g/mol. The molecule has 0 saturated carbocycles. The first-order chi connectivity index (χ1) is 14.4. The molecule has 0 aliphatic heterocycles. The number of hydrogen-bond donors (Lipinski definition) is 1. The van der Waals surface area contributed by atoms with Gasteiger partial charge in [-0.1, -0.05) is 60.7 Å². The van der Waals surface area contributed by atoms with E-state index in [1.807, 2.05) is 56.3 Å². The summed E-state index contributed by atoms with van der Waals surface area (Å²) in [5.74, 6) is -0.489. The molecule has 0 aliphatic carbocycles. The third kappa shape index (κ3) is 5.47. The minimum absolute atomic E-state index is 0.421. The van der Waals surface area contributed by atoms with Gasteiger partial charge >= 0.3 is 5.97 Å². The van der Waals surface area contributed by atoms with E-state index in [9.17, 15) is 9.59 Å². The Morgan fingerprint density at radius 1 is 0.867 bits per heavy atom. The van der Waals surface area contributed by atoms with Gasteiger partial charge in [-0.05, 0) is 50.1 Å². The highest BCUT2D eigenvalue weighted by Crippen LogP contribution is 2.23. The predicted octanol–water partition coefficient (Wildman–Crippen LogP) is 4.99. The van der Waals surface area contributed by atoms with Crippen molar-refractivity contribution in [3.05, 3.63) is 95.6 Å². The first-order valence-corrected chi connectivity index (χ1v) is 9.79. The van der Waals surface area contributed by atoms with Gasteiger partial charge in [-0.25, -0.2) is 4.79 Å². The van der Waals surface area contributed by atoms with E-state index >= 15 is 0 Å². The average Bonchev–Trinajstić information content (AvgIpc) is 2.75. The highest BCUT2D eigenvalue weighted by Gasteiger charge is 2.28. The lowest BCUT2D eigenvalue weighted by Crippen LogP contribution is -2.32. The van der Waals surface area contributed by atoms with E-state index in [1.165, 1.54) is 0 Å². The molecule has 0 aliphatic rings. The third-order valence-electron chi connectivity index (χ3n) is 4.61. The first kappa shape index (κ1) is 21.1. The van der Waals surface area contributed by atoms with Crippen LogP contribution in [-0.2, 0) is 14.3 Å². The van der Waals surface area contributed by atoms with Crippen molar-refractivity contribution in [1.82, 2.24) is 0 Å². The molecule has 0 fully saturated rings. The first-order valence-electron chi connectivity index (χ1n) is 9.79. The second-order valence-electron chi connectivity index (χ2n) is 7.11. The summed E-state index contributed by atoms with van der Waals surface area (Å²) < 4.78 is 11.2. The van der Waals surface area contributed by atoms with E-state index in [1.54, 1.807) is 43.3 Å². The lowest BCUT2D eigenvalue weighted by Gasteiger charge is -2.21. The minimum Gasteiger partial charge on any atom is -0.479 e. The van der Waals surface area contributed by atoms with E-state index in [0.717, 1.165) is 11.1 Å². The van der Waals surface area contributed by atoms with E-state index in [4.69, 9.17) is 9.47 Å². The second-order valence-corrected chi connectivity index (χ2v) is 7.11. The van der Waals surface area contributed by atoms with Crippen molar-refractivity contribution in [2.45, 2.75) is 33.0 Å². The van der Waals surface area contributed by atoms with Crippen molar-refractivity contribution in [2.75, 3.05) is 5.32 Å². The van der Waals surface area contributed by atoms with Gasteiger partial charge in [0.2, 0.25) is 6.10 Å². The van der Waals surface area contributed by atoms with Crippen LogP contribution in [0.15, 0.2) is 78.9 Å². The van der Waals surface area contributed by atoms with Crippen LogP contribution in [0.3, 0.4) is 0 Å². The Labute approximate surface area is 176 Å². The summed E-state index contributed by atoms with van der Waals surface area (Å²) in [5.41, 5.74) is 3.22. The van der Waals surface area contributed by atoms with E-state index in [2.05, 4.69) is 5.32 Å². The molecule has 2 atom stereocenters. The topological polar surface area (TPSA) is 64.6 Å². The number of carbonyl (C=O) groups excluding carboxylic acids is 2. The molecule has 154 valence electrons. The number of esters is 1. The van der Waals surface area contributed by atoms with Crippen molar-refractivity contribution in [3.63, 3.8) is 0 Å². The van der Waals surface area contributed by atoms with Crippen LogP contribution in [-0.4, -0.2) is 18.0 Å². The number of carbonyl (C=O) groups is 2. The molecule has 3 aromatic rings. The lowest BCUT2D eigenvalue weighted by molar-refractivity contribution is -0.161. The normalized spacial score (nSPS) is 12.5. The predicted molar refractivity (Wildman–Crippen MR) is 116 cm³/mol. The van der Waals surface area contributed by atoms with Gasteiger partial charge < -0.3 is 14.8 Å². The number of amides is 1. The van der Waals surface area contributed by atoms with Gasteiger partial charge in [0.05, 0.1) is 0 Å². The summed E-state index contributed by atoms with van der Waals surface area (Å²) in [6.45, 7) is 5.46. The Kier molecular flexibility index (Phi) is 6.86. The van der Waals surface area contributed by atoms with Crippen molar-refractivity contribution in [1.29, 1.82) is 0 Å². The molecule has 5 nitrogen and oxygen atoms in total. The number of benzene rings is 3. The van der Waals surface area contributed by atoms with Crippen molar-refractivity contribution >= 4 is 17.6 Å². The Bertz CT molecular complexity index is 1000. The number of hydrogen-bond acceptors (Lipinski definition) is 4. The van der Waals surface area contributed by atoms with Crippen LogP contribution >= 0.6 is 0 Å². The van der Waals surface area contributed by atoms with Crippen LogP contribution in [0, 0.1) is 13.8 Å². The fraction of sp³-hybridized carbons (Fsp3) is 0.200. The number of anilines is 1.